The van der Waals surface area contributed by atoms with Crippen molar-refractivity contribution in [2.75, 3.05) is 19.6 Å². The molecule has 3 unspecified atom stereocenters. The number of rotatable bonds is 3. The van der Waals surface area contributed by atoms with Crippen molar-refractivity contribution in [1.82, 2.24) is 10.2 Å². The number of hydrogen-bond donors (Lipinski definition) is 3. The molecule has 3 N–H and O–H groups in total. The normalized spacial score (nSPS) is 32.3. The van der Waals surface area contributed by atoms with Gasteiger partial charge in [0.15, 0.2) is 5.60 Å². The van der Waals surface area contributed by atoms with Crippen LogP contribution in [-0.2, 0) is 4.79 Å². The largest absolute Gasteiger partial charge is 0.479 e. The average Bonchev–Trinajstić information content (AvgIpc) is 2.10. The zero-order chi connectivity index (χ0) is 11.6. The predicted molar refractivity (Wildman–Crippen MR) is 56.8 cm³/mol. The van der Waals surface area contributed by atoms with Crippen LogP contribution >= 0.6 is 0 Å². The monoisotopic (exact) mass is 216 g/mol. The average molecular weight is 216 g/mol. The Morgan fingerprint density at radius 3 is 2.73 bits per heavy atom. The maximum atomic E-state index is 10.8. The van der Waals surface area contributed by atoms with E-state index in [1.54, 1.807) is 0 Å². The van der Waals surface area contributed by atoms with Gasteiger partial charge >= 0.3 is 5.97 Å². The van der Waals surface area contributed by atoms with Crippen molar-refractivity contribution >= 4 is 5.97 Å². The lowest BCUT2D eigenvalue weighted by atomic mass is 10.0. The first kappa shape index (κ1) is 12.4. The van der Waals surface area contributed by atoms with Gasteiger partial charge < -0.3 is 15.5 Å². The van der Waals surface area contributed by atoms with E-state index in [0.717, 1.165) is 13.1 Å². The van der Waals surface area contributed by atoms with E-state index < -0.39 is 11.6 Å². The first-order chi connectivity index (χ1) is 6.83. The van der Waals surface area contributed by atoms with Crippen molar-refractivity contribution in [1.29, 1.82) is 0 Å². The number of nitrogens with zero attached hydrogens (tertiary/aromatic N) is 1. The van der Waals surface area contributed by atoms with Gasteiger partial charge in [-0.05, 0) is 20.8 Å². The van der Waals surface area contributed by atoms with Crippen LogP contribution < -0.4 is 5.32 Å². The van der Waals surface area contributed by atoms with E-state index in [0.29, 0.717) is 6.04 Å². The van der Waals surface area contributed by atoms with Crippen LogP contribution in [0.3, 0.4) is 0 Å². The van der Waals surface area contributed by atoms with Crippen molar-refractivity contribution in [3.63, 3.8) is 0 Å². The second kappa shape index (κ2) is 4.47. The van der Waals surface area contributed by atoms with Gasteiger partial charge in [0, 0.05) is 31.7 Å². The number of nitrogens with one attached hydrogen (secondary N) is 1. The van der Waals surface area contributed by atoms with Crippen LogP contribution in [0.5, 0.6) is 0 Å². The number of β-amino-alcohol motifs (C(OH)–C–C–N with tert-alkyl or cyclic N) is 1. The molecule has 0 aromatic rings. The van der Waals surface area contributed by atoms with Crippen LogP contribution in [0.1, 0.15) is 20.8 Å². The highest BCUT2D eigenvalue weighted by molar-refractivity contribution is 5.76. The van der Waals surface area contributed by atoms with Crippen molar-refractivity contribution in [2.24, 2.45) is 0 Å². The van der Waals surface area contributed by atoms with Crippen molar-refractivity contribution in [2.45, 2.75) is 38.5 Å². The molecule has 1 aliphatic rings. The minimum Gasteiger partial charge on any atom is -0.479 e. The minimum atomic E-state index is -1.66. The van der Waals surface area contributed by atoms with Gasteiger partial charge in [-0.1, -0.05) is 0 Å². The summed E-state index contributed by atoms with van der Waals surface area (Å²) in [6, 6.07) is 0.595. The quantitative estimate of drug-likeness (QED) is 0.593. The SMILES string of the molecule is CC1CN(CC(C)(O)C(=O)O)C(C)CN1. The summed E-state index contributed by atoms with van der Waals surface area (Å²) in [5, 5.41) is 21.8. The van der Waals surface area contributed by atoms with Gasteiger partial charge in [-0.3, -0.25) is 4.90 Å². The first-order valence-electron chi connectivity index (χ1n) is 5.26. The van der Waals surface area contributed by atoms with Crippen LogP contribution in [0.25, 0.3) is 0 Å². The van der Waals surface area contributed by atoms with Gasteiger partial charge in [-0.15, -0.1) is 0 Å². The molecule has 1 saturated heterocycles. The lowest BCUT2D eigenvalue weighted by molar-refractivity contribution is -0.159. The Morgan fingerprint density at radius 1 is 1.60 bits per heavy atom. The summed E-state index contributed by atoms with van der Waals surface area (Å²) in [4.78, 5) is 12.8. The van der Waals surface area contributed by atoms with Crippen LogP contribution in [-0.4, -0.2) is 58.4 Å². The molecule has 0 spiro atoms. The second-order valence-corrected chi connectivity index (χ2v) is 4.67. The van der Waals surface area contributed by atoms with Crippen LogP contribution in [0, 0.1) is 0 Å². The highest BCUT2D eigenvalue weighted by atomic mass is 16.4. The number of carbonyl (C=O) groups is 1. The van der Waals surface area contributed by atoms with E-state index in [4.69, 9.17) is 5.11 Å². The minimum absolute atomic E-state index is 0.176. The van der Waals surface area contributed by atoms with E-state index in [-0.39, 0.29) is 12.6 Å². The number of carboxylic acids is 1. The van der Waals surface area contributed by atoms with Crippen LogP contribution in [0.15, 0.2) is 0 Å². The lowest BCUT2D eigenvalue weighted by Crippen LogP contribution is -2.59. The standard InChI is InChI=1S/C10H20N2O3/c1-7-5-12(8(2)4-11-7)6-10(3,15)9(13)14/h7-8,11,15H,4-6H2,1-3H3,(H,13,14). The third kappa shape index (κ3) is 3.15. The van der Waals surface area contributed by atoms with E-state index in [1.165, 1.54) is 6.92 Å². The smallest absolute Gasteiger partial charge is 0.336 e. The van der Waals surface area contributed by atoms with Crippen LogP contribution in [0.2, 0.25) is 0 Å². The Kier molecular flexibility index (Phi) is 3.70. The maximum absolute atomic E-state index is 10.8. The third-order valence-electron chi connectivity index (χ3n) is 2.87. The molecule has 1 rings (SSSR count). The molecule has 0 radical (unpaired) electrons. The van der Waals surface area contributed by atoms with Crippen molar-refractivity contribution in [3.05, 3.63) is 0 Å². The molecule has 0 amide bonds. The van der Waals surface area contributed by atoms with Gasteiger partial charge in [0.1, 0.15) is 0 Å². The van der Waals surface area contributed by atoms with Gasteiger partial charge in [0.25, 0.3) is 0 Å². The van der Waals surface area contributed by atoms with Gasteiger partial charge in [0.05, 0.1) is 0 Å². The summed E-state index contributed by atoms with van der Waals surface area (Å²) in [6.45, 7) is 7.19. The van der Waals surface area contributed by atoms with Gasteiger partial charge in [0.2, 0.25) is 0 Å². The van der Waals surface area contributed by atoms with Crippen LogP contribution in [0.4, 0.5) is 0 Å². The Bertz CT molecular complexity index is 243. The van der Waals surface area contributed by atoms with Gasteiger partial charge in [-0.2, -0.15) is 0 Å². The number of piperazine rings is 1. The Hall–Kier alpha value is -0.650. The van der Waals surface area contributed by atoms with E-state index in [9.17, 15) is 9.90 Å². The zero-order valence-corrected chi connectivity index (χ0v) is 9.53. The molecule has 3 atom stereocenters. The molecule has 88 valence electrons. The predicted octanol–water partition coefficient (Wildman–Crippen LogP) is -0.496. The number of aliphatic carboxylic acids is 1. The lowest BCUT2D eigenvalue weighted by Gasteiger charge is -2.39. The summed E-state index contributed by atoms with van der Waals surface area (Å²) < 4.78 is 0. The molecule has 0 aliphatic carbocycles. The molecule has 15 heavy (non-hydrogen) atoms. The Labute approximate surface area is 90.1 Å². The first-order valence-corrected chi connectivity index (χ1v) is 5.26. The zero-order valence-electron chi connectivity index (χ0n) is 9.53. The summed E-state index contributed by atoms with van der Waals surface area (Å²) in [5.41, 5.74) is -1.66. The van der Waals surface area contributed by atoms with E-state index >= 15 is 0 Å². The fraction of sp³-hybridized carbons (Fsp3) is 0.900. The highest BCUT2D eigenvalue weighted by Gasteiger charge is 2.35. The molecule has 1 fully saturated rings. The Balaban J connectivity index is 2.59. The van der Waals surface area contributed by atoms with Crippen molar-refractivity contribution < 1.29 is 15.0 Å². The third-order valence-corrected chi connectivity index (χ3v) is 2.87. The fourth-order valence-electron chi connectivity index (χ4n) is 1.78. The van der Waals surface area contributed by atoms with E-state index in [1.807, 2.05) is 18.7 Å². The molecule has 0 saturated carbocycles. The molecule has 1 aliphatic heterocycles. The second-order valence-electron chi connectivity index (χ2n) is 4.67. The molecule has 0 bridgehead atoms. The van der Waals surface area contributed by atoms with E-state index in [2.05, 4.69) is 5.32 Å². The number of hydrogen-bond acceptors (Lipinski definition) is 4. The molecule has 5 heteroatoms. The molecule has 1 heterocycles. The molecular weight excluding hydrogens is 196 g/mol. The van der Waals surface area contributed by atoms with Crippen molar-refractivity contribution in [3.8, 4) is 0 Å². The summed E-state index contributed by atoms with van der Waals surface area (Å²) in [7, 11) is 0. The van der Waals surface area contributed by atoms with Gasteiger partial charge in [-0.25, -0.2) is 4.79 Å². The summed E-state index contributed by atoms with van der Waals surface area (Å²) >= 11 is 0. The summed E-state index contributed by atoms with van der Waals surface area (Å²) in [6.07, 6.45) is 0. The highest BCUT2D eigenvalue weighted by Crippen LogP contribution is 2.13. The fourth-order valence-corrected chi connectivity index (χ4v) is 1.78. The summed E-state index contributed by atoms with van der Waals surface area (Å²) in [5.74, 6) is -1.17. The number of aliphatic hydroxyl groups is 1. The maximum Gasteiger partial charge on any atom is 0.336 e. The topological polar surface area (TPSA) is 72.8 Å². The molecule has 5 nitrogen and oxygen atoms in total. The number of carboxylic acid groups (broad SMARTS) is 1. The molecule has 0 aromatic heterocycles. The molecule has 0 aromatic carbocycles. The Morgan fingerprint density at radius 2 is 2.20 bits per heavy atom. The molecular formula is C10H20N2O3.